The number of anilines is 1. The van der Waals surface area contributed by atoms with Crippen LogP contribution in [-0.2, 0) is 5.33 Å². The molecule has 1 aromatic rings. The Kier molecular flexibility index (Phi) is 6.29. The van der Waals surface area contributed by atoms with Crippen molar-refractivity contribution in [2.45, 2.75) is 24.7 Å². The van der Waals surface area contributed by atoms with Crippen LogP contribution in [-0.4, -0.2) is 25.1 Å². The molecule has 0 saturated carbocycles. The Labute approximate surface area is 112 Å². The lowest BCUT2D eigenvalue weighted by Gasteiger charge is -2.30. The molecular weight excluding hydrogens is 282 g/mol. The zero-order chi connectivity index (χ0) is 12.0. The fraction of sp³-hybridized carbons (Fsp3) is 0.538. The van der Waals surface area contributed by atoms with Crippen LogP contribution in [0, 0.1) is 0 Å². The molecule has 0 aliphatic carbocycles. The quantitative estimate of drug-likeness (QED) is 0.726. The number of benzene rings is 1. The number of rotatable bonds is 6. The molecule has 1 unspecified atom stereocenters. The van der Waals surface area contributed by atoms with E-state index < -0.39 is 0 Å². The number of nitrogens with zero attached hydrogens (tertiary/aromatic N) is 1. The lowest BCUT2D eigenvalue weighted by Crippen LogP contribution is -2.33. The van der Waals surface area contributed by atoms with Crippen LogP contribution in [0.1, 0.15) is 18.9 Å². The van der Waals surface area contributed by atoms with Gasteiger partial charge in [0.05, 0.1) is 0 Å². The number of halogens is 1. The van der Waals surface area contributed by atoms with Crippen molar-refractivity contribution in [2.24, 2.45) is 0 Å². The topological polar surface area (TPSA) is 3.24 Å². The van der Waals surface area contributed by atoms with Gasteiger partial charge in [-0.05, 0) is 24.3 Å². The molecule has 0 radical (unpaired) electrons. The van der Waals surface area contributed by atoms with E-state index in [2.05, 4.69) is 65.3 Å². The maximum Gasteiger partial charge on any atom is 0.0407 e. The Morgan fingerprint density at radius 2 is 2.06 bits per heavy atom. The molecule has 0 aliphatic rings. The van der Waals surface area contributed by atoms with E-state index in [0.717, 1.165) is 5.33 Å². The van der Waals surface area contributed by atoms with Crippen LogP contribution in [0.2, 0.25) is 0 Å². The van der Waals surface area contributed by atoms with Crippen molar-refractivity contribution in [1.82, 2.24) is 0 Å². The van der Waals surface area contributed by atoms with E-state index in [9.17, 15) is 0 Å². The Morgan fingerprint density at radius 1 is 1.38 bits per heavy atom. The molecule has 0 fully saturated rings. The molecule has 1 atom stereocenters. The van der Waals surface area contributed by atoms with E-state index in [1.165, 1.54) is 23.4 Å². The summed E-state index contributed by atoms with van der Waals surface area (Å²) in [5, 5.41) is 0.920. The van der Waals surface area contributed by atoms with E-state index in [1.807, 2.05) is 11.8 Å². The Balaban J connectivity index is 2.88. The van der Waals surface area contributed by atoms with Gasteiger partial charge in [0.2, 0.25) is 0 Å². The van der Waals surface area contributed by atoms with Gasteiger partial charge in [-0.15, -0.1) is 0 Å². The first-order valence-corrected chi connectivity index (χ1v) is 8.11. The van der Waals surface area contributed by atoms with Crippen molar-refractivity contribution >= 4 is 33.4 Å². The molecule has 3 heteroatoms. The Morgan fingerprint density at radius 3 is 2.62 bits per heavy atom. The molecule has 1 aromatic carbocycles. The molecule has 0 bridgehead atoms. The summed E-state index contributed by atoms with van der Waals surface area (Å²) in [5.41, 5.74) is 2.71. The third-order valence-corrected chi connectivity index (χ3v) is 4.22. The first-order chi connectivity index (χ1) is 7.74. The normalized spacial score (nSPS) is 12.5. The monoisotopic (exact) mass is 301 g/mol. The van der Waals surface area contributed by atoms with Crippen molar-refractivity contribution in [3.8, 4) is 0 Å². The van der Waals surface area contributed by atoms with Crippen molar-refractivity contribution in [3.05, 3.63) is 29.8 Å². The van der Waals surface area contributed by atoms with Gasteiger partial charge in [0.1, 0.15) is 0 Å². The SMILES string of the molecule is CCC(CSC)N(C)c1ccccc1CBr. The first kappa shape index (κ1) is 13.9. The highest BCUT2D eigenvalue weighted by Crippen LogP contribution is 2.25. The van der Waals surface area contributed by atoms with Crippen molar-refractivity contribution in [1.29, 1.82) is 0 Å². The summed E-state index contributed by atoms with van der Waals surface area (Å²) in [4.78, 5) is 2.41. The minimum Gasteiger partial charge on any atom is -0.371 e. The smallest absolute Gasteiger partial charge is 0.0407 e. The highest BCUT2D eigenvalue weighted by molar-refractivity contribution is 9.08. The highest BCUT2D eigenvalue weighted by Gasteiger charge is 2.14. The lowest BCUT2D eigenvalue weighted by atomic mass is 10.1. The molecule has 1 rings (SSSR count). The van der Waals surface area contributed by atoms with Gasteiger partial charge in [-0.3, -0.25) is 0 Å². The molecule has 90 valence electrons. The predicted molar refractivity (Wildman–Crippen MR) is 79.9 cm³/mol. The summed E-state index contributed by atoms with van der Waals surface area (Å²) >= 11 is 5.47. The molecular formula is C13H20BrNS. The molecule has 0 aromatic heterocycles. The Bertz CT molecular complexity index is 317. The largest absolute Gasteiger partial charge is 0.371 e. The lowest BCUT2D eigenvalue weighted by molar-refractivity contribution is 0.672. The van der Waals surface area contributed by atoms with Gasteiger partial charge < -0.3 is 4.90 Å². The van der Waals surface area contributed by atoms with Gasteiger partial charge in [0, 0.05) is 29.9 Å². The van der Waals surface area contributed by atoms with Crippen molar-refractivity contribution < 1.29 is 0 Å². The molecule has 0 spiro atoms. The number of hydrogen-bond donors (Lipinski definition) is 0. The first-order valence-electron chi connectivity index (χ1n) is 5.60. The van der Waals surface area contributed by atoms with Gasteiger partial charge in [0.25, 0.3) is 0 Å². The number of hydrogen-bond acceptors (Lipinski definition) is 2. The van der Waals surface area contributed by atoms with E-state index in [0.29, 0.717) is 6.04 Å². The Hall–Kier alpha value is -0.150. The minimum absolute atomic E-state index is 0.621. The molecule has 0 aliphatic heterocycles. The summed E-state index contributed by atoms with van der Waals surface area (Å²) in [6.07, 6.45) is 3.36. The van der Waals surface area contributed by atoms with Crippen LogP contribution in [0.15, 0.2) is 24.3 Å². The van der Waals surface area contributed by atoms with Crippen molar-refractivity contribution in [2.75, 3.05) is 24.0 Å². The van der Waals surface area contributed by atoms with Gasteiger partial charge in [-0.1, -0.05) is 41.1 Å². The summed E-state index contributed by atoms with van der Waals surface area (Å²) in [5.74, 6) is 1.18. The van der Waals surface area contributed by atoms with E-state index >= 15 is 0 Å². The second kappa shape index (κ2) is 7.23. The third kappa shape index (κ3) is 3.42. The molecule has 0 amide bonds. The number of alkyl halides is 1. The molecule has 0 heterocycles. The fourth-order valence-electron chi connectivity index (χ4n) is 1.86. The minimum atomic E-state index is 0.621. The van der Waals surface area contributed by atoms with Crippen LogP contribution < -0.4 is 4.90 Å². The third-order valence-electron chi connectivity index (χ3n) is 2.89. The van der Waals surface area contributed by atoms with Gasteiger partial charge in [-0.2, -0.15) is 11.8 Å². The number of para-hydroxylation sites is 1. The summed E-state index contributed by atoms with van der Waals surface area (Å²) in [6.45, 7) is 2.26. The molecule has 16 heavy (non-hydrogen) atoms. The zero-order valence-electron chi connectivity index (χ0n) is 10.2. The number of thioether (sulfide) groups is 1. The predicted octanol–water partition coefficient (Wildman–Crippen LogP) is 4.16. The highest BCUT2D eigenvalue weighted by atomic mass is 79.9. The second-order valence-electron chi connectivity index (χ2n) is 3.89. The zero-order valence-corrected chi connectivity index (χ0v) is 12.6. The maximum atomic E-state index is 3.55. The fourth-order valence-corrected chi connectivity index (χ4v) is 3.18. The second-order valence-corrected chi connectivity index (χ2v) is 5.36. The summed E-state index contributed by atoms with van der Waals surface area (Å²) in [7, 11) is 2.20. The van der Waals surface area contributed by atoms with Gasteiger partial charge in [-0.25, -0.2) is 0 Å². The maximum absolute atomic E-state index is 3.55. The van der Waals surface area contributed by atoms with Gasteiger partial charge >= 0.3 is 0 Å². The molecule has 0 saturated heterocycles. The molecule has 0 N–H and O–H groups in total. The van der Waals surface area contributed by atoms with Crippen LogP contribution >= 0.6 is 27.7 Å². The average Bonchev–Trinajstić information content (AvgIpc) is 2.35. The van der Waals surface area contributed by atoms with Crippen LogP contribution in [0.4, 0.5) is 5.69 Å². The average molecular weight is 302 g/mol. The standard InChI is InChI=1S/C13H20BrNS/c1-4-12(10-16-3)15(2)13-8-6-5-7-11(13)9-14/h5-8,12H,4,9-10H2,1-3H3. The van der Waals surface area contributed by atoms with Crippen LogP contribution in [0.25, 0.3) is 0 Å². The van der Waals surface area contributed by atoms with Crippen LogP contribution in [0.3, 0.4) is 0 Å². The van der Waals surface area contributed by atoms with Crippen LogP contribution in [0.5, 0.6) is 0 Å². The van der Waals surface area contributed by atoms with Crippen molar-refractivity contribution in [3.63, 3.8) is 0 Å². The summed E-state index contributed by atoms with van der Waals surface area (Å²) in [6, 6.07) is 9.23. The van der Waals surface area contributed by atoms with Gasteiger partial charge in [0.15, 0.2) is 0 Å². The van der Waals surface area contributed by atoms with E-state index in [-0.39, 0.29) is 0 Å². The van der Waals surface area contributed by atoms with E-state index in [4.69, 9.17) is 0 Å². The molecule has 1 nitrogen and oxygen atoms in total. The van der Waals surface area contributed by atoms with E-state index in [1.54, 1.807) is 0 Å². The summed E-state index contributed by atoms with van der Waals surface area (Å²) < 4.78 is 0.